The summed E-state index contributed by atoms with van der Waals surface area (Å²) in [5.74, 6) is -0.416. The van der Waals surface area contributed by atoms with Gasteiger partial charge in [0, 0.05) is 11.3 Å². The van der Waals surface area contributed by atoms with E-state index in [4.69, 9.17) is 9.47 Å². The van der Waals surface area contributed by atoms with Gasteiger partial charge in [-0.3, -0.25) is 9.59 Å². The molecule has 152 valence electrons. The predicted molar refractivity (Wildman–Crippen MR) is 113 cm³/mol. The van der Waals surface area contributed by atoms with Crippen LogP contribution in [0.15, 0.2) is 78.9 Å². The van der Waals surface area contributed by atoms with Gasteiger partial charge in [-0.05, 0) is 48.9 Å². The molecule has 3 aromatic carbocycles. The van der Waals surface area contributed by atoms with Crippen molar-refractivity contribution in [2.45, 2.75) is 19.6 Å². The van der Waals surface area contributed by atoms with Crippen molar-refractivity contribution in [1.29, 1.82) is 0 Å². The summed E-state index contributed by atoms with van der Waals surface area (Å²) in [6, 6.07) is 22.7. The summed E-state index contributed by atoms with van der Waals surface area (Å²) in [4.78, 5) is 35.1. The summed E-state index contributed by atoms with van der Waals surface area (Å²) in [6.45, 7) is 1.94. The van der Waals surface area contributed by atoms with E-state index in [1.54, 1.807) is 24.3 Å². The smallest absolute Gasteiger partial charge is 0.338 e. The summed E-state index contributed by atoms with van der Waals surface area (Å²) in [5, 5.41) is 2.70. The summed E-state index contributed by atoms with van der Waals surface area (Å²) in [7, 11) is 0. The monoisotopic (exact) mass is 403 g/mol. The zero-order valence-corrected chi connectivity index (χ0v) is 16.4. The van der Waals surface area contributed by atoms with E-state index < -0.39 is 18.0 Å². The number of aldehydes is 1. The topological polar surface area (TPSA) is 81.7 Å². The van der Waals surface area contributed by atoms with Crippen LogP contribution in [-0.4, -0.2) is 24.3 Å². The summed E-state index contributed by atoms with van der Waals surface area (Å²) >= 11 is 0. The normalized spacial score (nSPS) is 11.2. The van der Waals surface area contributed by atoms with Crippen LogP contribution in [0.2, 0.25) is 0 Å². The van der Waals surface area contributed by atoms with Gasteiger partial charge in [-0.15, -0.1) is 0 Å². The molecule has 3 rings (SSSR count). The maximum atomic E-state index is 12.3. The fourth-order valence-electron chi connectivity index (χ4n) is 2.60. The average molecular weight is 403 g/mol. The Kier molecular flexibility index (Phi) is 6.95. The second-order valence-electron chi connectivity index (χ2n) is 6.58. The van der Waals surface area contributed by atoms with Crippen LogP contribution in [0.3, 0.4) is 0 Å². The van der Waals surface area contributed by atoms with Gasteiger partial charge in [0.25, 0.3) is 5.91 Å². The highest BCUT2D eigenvalue weighted by Crippen LogP contribution is 2.18. The molecule has 0 radical (unpaired) electrons. The Balaban J connectivity index is 1.50. The molecular weight excluding hydrogens is 382 g/mol. The van der Waals surface area contributed by atoms with Crippen molar-refractivity contribution in [1.82, 2.24) is 0 Å². The van der Waals surface area contributed by atoms with E-state index in [1.807, 2.05) is 30.3 Å². The number of nitrogens with one attached hydrogen (secondary N) is 1. The first-order valence-electron chi connectivity index (χ1n) is 9.39. The lowest BCUT2D eigenvalue weighted by atomic mass is 10.1. The van der Waals surface area contributed by atoms with Crippen LogP contribution in [0, 0.1) is 0 Å². The van der Waals surface area contributed by atoms with E-state index in [9.17, 15) is 14.4 Å². The fourth-order valence-corrected chi connectivity index (χ4v) is 2.60. The molecule has 0 heterocycles. The molecular formula is C24H21NO5. The van der Waals surface area contributed by atoms with Gasteiger partial charge in [-0.2, -0.15) is 0 Å². The number of benzene rings is 3. The van der Waals surface area contributed by atoms with E-state index in [2.05, 4.69) is 5.32 Å². The van der Waals surface area contributed by atoms with Gasteiger partial charge in [0.2, 0.25) is 0 Å². The molecule has 0 aliphatic heterocycles. The van der Waals surface area contributed by atoms with Crippen molar-refractivity contribution in [3.05, 3.63) is 95.6 Å². The molecule has 30 heavy (non-hydrogen) atoms. The summed E-state index contributed by atoms with van der Waals surface area (Å²) in [5.41, 5.74) is 2.34. The van der Waals surface area contributed by atoms with Crippen molar-refractivity contribution < 1.29 is 23.9 Å². The number of esters is 1. The minimum atomic E-state index is -0.989. The first-order chi connectivity index (χ1) is 14.5. The third-order valence-corrected chi connectivity index (χ3v) is 4.31. The average Bonchev–Trinajstić information content (AvgIpc) is 2.79. The molecule has 6 nitrogen and oxygen atoms in total. The van der Waals surface area contributed by atoms with Gasteiger partial charge in [0.1, 0.15) is 18.6 Å². The lowest BCUT2D eigenvalue weighted by molar-refractivity contribution is -0.123. The fraction of sp³-hybridized carbons (Fsp3) is 0.125. The molecule has 0 unspecified atom stereocenters. The van der Waals surface area contributed by atoms with Crippen molar-refractivity contribution in [2.75, 3.05) is 5.32 Å². The molecule has 1 N–H and O–H groups in total. The highest BCUT2D eigenvalue weighted by Gasteiger charge is 2.19. The quantitative estimate of drug-likeness (QED) is 0.449. The van der Waals surface area contributed by atoms with Gasteiger partial charge in [0.05, 0.1) is 5.56 Å². The number of carbonyl (C=O) groups excluding carboxylic acids is 3. The second-order valence-corrected chi connectivity index (χ2v) is 6.58. The van der Waals surface area contributed by atoms with Crippen LogP contribution < -0.4 is 10.1 Å². The number of hydrogen-bond acceptors (Lipinski definition) is 5. The van der Waals surface area contributed by atoms with Crippen LogP contribution in [0.5, 0.6) is 5.75 Å². The maximum absolute atomic E-state index is 12.3. The largest absolute Gasteiger partial charge is 0.489 e. The van der Waals surface area contributed by atoms with Gasteiger partial charge in [-0.1, -0.05) is 42.5 Å². The van der Waals surface area contributed by atoms with E-state index in [0.29, 0.717) is 29.9 Å². The summed E-state index contributed by atoms with van der Waals surface area (Å²) in [6.07, 6.45) is -0.305. The van der Waals surface area contributed by atoms with Gasteiger partial charge in [0.15, 0.2) is 6.10 Å². The van der Waals surface area contributed by atoms with Crippen molar-refractivity contribution in [3.63, 3.8) is 0 Å². The molecule has 0 spiro atoms. The van der Waals surface area contributed by atoms with Crippen LogP contribution >= 0.6 is 0 Å². The molecule has 1 atom stereocenters. The van der Waals surface area contributed by atoms with E-state index in [1.165, 1.54) is 31.2 Å². The minimum Gasteiger partial charge on any atom is -0.489 e. The van der Waals surface area contributed by atoms with Gasteiger partial charge < -0.3 is 14.8 Å². The lowest BCUT2D eigenvalue weighted by Crippen LogP contribution is -2.30. The first kappa shape index (κ1) is 20.8. The van der Waals surface area contributed by atoms with Crippen molar-refractivity contribution in [3.8, 4) is 5.75 Å². The number of rotatable bonds is 8. The second kappa shape index (κ2) is 10.0. The Morgan fingerprint density at radius 1 is 0.933 bits per heavy atom. The zero-order valence-electron chi connectivity index (χ0n) is 16.4. The third-order valence-electron chi connectivity index (χ3n) is 4.31. The number of ether oxygens (including phenoxy) is 2. The van der Waals surface area contributed by atoms with Crippen LogP contribution in [0.1, 0.15) is 33.2 Å². The van der Waals surface area contributed by atoms with E-state index in [-0.39, 0.29) is 5.56 Å². The molecule has 1 amide bonds. The molecule has 0 fully saturated rings. The Bertz CT molecular complexity index is 998. The SMILES string of the molecule is C[C@@H](OC(=O)c1ccc(C=O)cc1)C(=O)Nc1ccc(OCc2ccccc2)cc1. The third kappa shape index (κ3) is 5.78. The lowest BCUT2D eigenvalue weighted by Gasteiger charge is -2.14. The number of amides is 1. The molecule has 3 aromatic rings. The predicted octanol–water partition coefficient (Wildman–Crippen LogP) is 4.26. The minimum absolute atomic E-state index is 0.264. The Morgan fingerprint density at radius 2 is 1.60 bits per heavy atom. The Labute approximate surface area is 174 Å². The number of anilines is 1. The maximum Gasteiger partial charge on any atom is 0.338 e. The number of carbonyl (C=O) groups is 3. The Morgan fingerprint density at radius 3 is 2.23 bits per heavy atom. The van der Waals surface area contributed by atoms with Gasteiger partial charge in [-0.25, -0.2) is 4.79 Å². The Hall–Kier alpha value is -3.93. The molecule has 0 aliphatic carbocycles. The van der Waals surface area contributed by atoms with E-state index in [0.717, 1.165) is 5.56 Å². The highest BCUT2D eigenvalue weighted by atomic mass is 16.5. The van der Waals surface area contributed by atoms with Crippen LogP contribution in [0.4, 0.5) is 5.69 Å². The zero-order chi connectivity index (χ0) is 21.3. The van der Waals surface area contributed by atoms with Crippen molar-refractivity contribution >= 4 is 23.9 Å². The number of hydrogen-bond donors (Lipinski definition) is 1. The van der Waals surface area contributed by atoms with Crippen LogP contribution in [-0.2, 0) is 16.1 Å². The standard InChI is InChI=1S/C24H21NO5/c1-17(30-24(28)20-9-7-18(15-26)8-10-20)23(27)25-21-11-13-22(14-12-21)29-16-19-5-3-2-4-6-19/h2-15,17H,16H2,1H3,(H,25,27)/t17-/m1/s1. The highest BCUT2D eigenvalue weighted by molar-refractivity contribution is 5.97. The van der Waals surface area contributed by atoms with Crippen LogP contribution in [0.25, 0.3) is 0 Å². The molecule has 6 heteroatoms. The summed E-state index contributed by atoms with van der Waals surface area (Å²) < 4.78 is 10.9. The molecule has 0 aliphatic rings. The van der Waals surface area contributed by atoms with E-state index >= 15 is 0 Å². The molecule has 0 saturated heterocycles. The van der Waals surface area contributed by atoms with Gasteiger partial charge >= 0.3 is 5.97 Å². The molecule has 0 saturated carbocycles. The first-order valence-corrected chi connectivity index (χ1v) is 9.39. The van der Waals surface area contributed by atoms with Crippen molar-refractivity contribution in [2.24, 2.45) is 0 Å². The molecule has 0 bridgehead atoms. The molecule has 0 aromatic heterocycles.